The first-order valence-electron chi connectivity index (χ1n) is 8.79. The summed E-state index contributed by atoms with van der Waals surface area (Å²) in [7, 11) is 0. The van der Waals surface area contributed by atoms with Crippen LogP contribution < -0.4 is 9.47 Å². The second-order valence-corrected chi connectivity index (χ2v) is 6.24. The molecule has 2 aliphatic heterocycles. The molecule has 0 atom stereocenters. The molecule has 26 heavy (non-hydrogen) atoms. The van der Waals surface area contributed by atoms with Crippen molar-refractivity contribution in [1.29, 1.82) is 0 Å². The molecule has 1 saturated heterocycles. The van der Waals surface area contributed by atoms with E-state index >= 15 is 0 Å². The van der Waals surface area contributed by atoms with Crippen LogP contribution in [-0.2, 0) is 14.3 Å². The van der Waals surface area contributed by atoms with Gasteiger partial charge in [0.2, 0.25) is 0 Å². The Bertz CT molecular complexity index is 708. The lowest BCUT2D eigenvalue weighted by molar-refractivity contribution is -0.146. The lowest BCUT2D eigenvalue weighted by Gasteiger charge is -2.34. The Kier molecular flexibility index (Phi) is 5.78. The van der Waals surface area contributed by atoms with Gasteiger partial charge in [0.15, 0.2) is 11.5 Å². The van der Waals surface area contributed by atoms with E-state index in [1.54, 1.807) is 6.08 Å². The summed E-state index contributed by atoms with van der Waals surface area (Å²) < 4.78 is 16.6. The predicted octanol–water partition coefficient (Wildman–Crippen LogP) is 1.95. The van der Waals surface area contributed by atoms with Crippen LogP contribution in [-0.4, -0.2) is 60.9 Å². The van der Waals surface area contributed by atoms with E-state index < -0.39 is 5.97 Å². The Morgan fingerprint density at radius 2 is 2.08 bits per heavy atom. The van der Waals surface area contributed by atoms with Crippen molar-refractivity contribution < 1.29 is 28.9 Å². The predicted molar refractivity (Wildman–Crippen MR) is 94.3 cm³/mol. The molecular weight excluding hydrogens is 338 g/mol. The minimum absolute atomic E-state index is 0.0925. The van der Waals surface area contributed by atoms with Crippen molar-refractivity contribution in [3.05, 3.63) is 29.3 Å². The number of amides is 1. The Labute approximate surface area is 152 Å². The molecule has 7 heteroatoms. The normalized spacial score (nSPS) is 16.9. The Hall–Kier alpha value is -2.54. The fourth-order valence-electron chi connectivity index (χ4n) is 3.27. The van der Waals surface area contributed by atoms with Crippen LogP contribution >= 0.6 is 0 Å². The number of carbonyl (C=O) groups is 2. The Morgan fingerprint density at radius 3 is 2.77 bits per heavy atom. The van der Waals surface area contributed by atoms with Crippen LogP contribution in [0.1, 0.15) is 25.3 Å². The second-order valence-electron chi connectivity index (χ2n) is 6.24. The van der Waals surface area contributed by atoms with E-state index in [1.165, 1.54) is 4.90 Å². The van der Waals surface area contributed by atoms with Gasteiger partial charge < -0.3 is 24.2 Å². The molecule has 1 aromatic rings. The second kappa shape index (κ2) is 8.23. The topological polar surface area (TPSA) is 85.3 Å². The van der Waals surface area contributed by atoms with Crippen molar-refractivity contribution in [3.63, 3.8) is 0 Å². The molecule has 0 spiro atoms. The SMILES string of the molecule is CCOc1cccc2c1OCC(C(=O)N(CC(=O)O)C1CCOCC1)=C2. The highest BCUT2D eigenvalue weighted by Gasteiger charge is 2.31. The number of ether oxygens (including phenoxy) is 3. The zero-order valence-electron chi connectivity index (χ0n) is 14.8. The summed E-state index contributed by atoms with van der Waals surface area (Å²) in [4.78, 5) is 25.7. The van der Waals surface area contributed by atoms with Gasteiger partial charge in [-0.2, -0.15) is 0 Å². The third-order valence-corrected chi connectivity index (χ3v) is 4.48. The highest BCUT2D eigenvalue weighted by molar-refractivity contribution is 6.00. The summed E-state index contributed by atoms with van der Waals surface area (Å²) in [5.41, 5.74) is 1.20. The van der Waals surface area contributed by atoms with Crippen LogP contribution in [0, 0.1) is 0 Å². The van der Waals surface area contributed by atoms with Crippen LogP contribution in [0.5, 0.6) is 11.5 Å². The van der Waals surface area contributed by atoms with E-state index in [2.05, 4.69) is 0 Å². The molecule has 3 rings (SSSR count). The van der Waals surface area contributed by atoms with E-state index in [1.807, 2.05) is 25.1 Å². The molecule has 1 amide bonds. The number of hydrogen-bond acceptors (Lipinski definition) is 5. The van der Waals surface area contributed by atoms with Crippen molar-refractivity contribution in [1.82, 2.24) is 4.90 Å². The molecule has 2 heterocycles. The van der Waals surface area contributed by atoms with E-state index in [-0.39, 0.29) is 25.1 Å². The third-order valence-electron chi connectivity index (χ3n) is 4.48. The van der Waals surface area contributed by atoms with Crippen LogP contribution in [0.3, 0.4) is 0 Å². The maximum Gasteiger partial charge on any atom is 0.323 e. The van der Waals surface area contributed by atoms with Crippen molar-refractivity contribution in [2.45, 2.75) is 25.8 Å². The summed E-state index contributed by atoms with van der Waals surface area (Å²) in [6.45, 7) is 3.24. The molecule has 0 saturated carbocycles. The number of fused-ring (bicyclic) bond motifs is 1. The van der Waals surface area contributed by atoms with Crippen molar-refractivity contribution in [2.75, 3.05) is 33.0 Å². The van der Waals surface area contributed by atoms with Crippen LogP contribution in [0.15, 0.2) is 23.8 Å². The highest BCUT2D eigenvalue weighted by atomic mass is 16.5. The van der Waals surface area contributed by atoms with Gasteiger partial charge in [0, 0.05) is 24.8 Å². The fourth-order valence-corrected chi connectivity index (χ4v) is 3.27. The molecule has 2 aliphatic rings. The number of carbonyl (C=O) groups excluding carboxylic acids is 1. The lowest BCUT2D eigenvalue weighted by atomic mass is 10.0. The minimum Gasteiger partial charge on any atom is -0.490 e. The van der Waals surface area contributed by atoms with Gasteiger partial charge in [-0.3, -0.25) is 9.59 Å². The summed E-state index contributed by atoms with van der Waals surface area (Å²) in [5.74, 6) is -0.0747. The molecule has 0 aromatic heterocycles. The highest BCUT2D eigenvalue weighted by Crippen LogP contribution is 2.36. The first-order chi connectivity index (χ1) is 12.6. The lowest BCUT2D eigenvalue weighted by Crippen LogP contribution is -2.47. The first-order valence-corrected chi connectivity index (χ1v) is 8.79. The summed E-state index contributed by atoms with van der Waals surface area (Å²) in [6.07, 6.45) is 3.04. The number of carboxylic acids is 1. The average Bonchev–Trinajstić information content (AvgIpc) is 2.66. The number of para-hydroxylation sites is 1. The molecule has 0 radical (unpaired) electrons. The first kappa shape index (κ1) is 18.3. The molecular formula is C19H23NO6. The number of nitrogens with zero attached hydrogens (tertiary/aromatic N) is 1. The molecule has 140 valence electrons. The average molecular weight is 361 g/mol. The molecule has 1 aromatic carbocycles. The van der Waals surface area contributed by atoms with Crippen LogP contribution in [0.2, 0.25) is 0 Å². The standard InChI is InChI=1S/C19H23NO6/c1-2-25-16-5-3-4-13-10-14(12-26-18(13)16)19(23)20(11-17(21)22)15-6-8-24-9-7-15/h3-5,10,15H,2,6-9,11-12H2,1H3,(H,21,22). The van der Waals surface area contributed by atoms with Gasteiger partial charge in [-0.1, -0.05) is 12.1 Å². The monoisotopic (exact) mass is 361 g/mol. The van der Waals surface area contributed by atoms with Gasteiger partial charge >= 0.3 is 5.97 Å². The molecule has 0 aliphatic carbocycles. The van der Waals surface area contributed by atoms with Gasteiger partial charge in [0.25, 0.3) is 5.91 Å². The minimum atomic E-state index is -1.03. The van der Waals surface area contributed by atoms with E-state index in [4.69, 9.17) is 14.2 Å². The van der Waals surface area contributed by atoms with E-state index in [9.17, 15) is 14.7 Å². The smallest absolute Gasteiger partial charge is 0.323 e. The zero-order valence-corrected chi connectivity index (χ0v) is 14.8. The quantitative estimate of drug-likeness (QED) is 0.834. The Morgan fingerprint density at radius 1 is 1.31 bits per heavy atom. The van der Waals surface area contributed by atoms with Gasteiger partial charge in [0.05, 0.1) is 12.2 Å². The largest absolute Gasteiger partial charge is 0.490 e. The summed E-state index contributed by atoms with van der Waals surface area (Å²) in [5, 5.41) is 9.22. The van der Waals surface area contributed by atoms with E-state index in [0.717, 1.165) is 5.56 Å². The summed E-state index contributed by atoms with van der Waals surface area (Å²) in [6, 6.07) is 5.37. The van der Waals surface area contributed by atoms with Gasteiger partial charge in [-0.05, 0) is 31.9 Å². The van der Waals surface area contributed by atoms with Crippen molar-refractivity contribution >= 4 is 18.0 Å². The maximum atomic E-state index is 13.0. The third kappa shape index (κ3) is 3.99. The van der Waals surface area contributed by atoms with Gasteiger partial charge in [0.1, 0.15) is 13.2 Å². The molecule has 0 unspecified atom stereocenters. The fraction of sp³-hybridized carbons (Fsp3) is 0.474. The number of rotatable bonds is 6. The summed E-state index contributed by atoms with van der Waals surface area (Å²) >= 11 is 0. The van der Waals surface area contributed by atoms with E-state index in [0.29, 0.717) is 49.7 Å². The van der Waals surface area contributed by atoms with Gasteiger partial charge in [-0.15, -0.1) is 0 Å². The Balaban J connectivity index is 1.85. The molecule has 1 N–H and O–H groups in total. The molecule has 7 nitrogen and oxygen atoms in total. The van der Waals surface area contributed by atoms with Gasteiger partial charge in [-0.25, -0.2) is 0 Å². The maximum absolute atomic E-state index is 13.0. The van der Waals surface area contributed by atoms with Crippen molar-refractivity contribution in [2.24, 2.45) is 0 Å². The molecule has 0 bridgehead atoms. The number of benzene rings is 1. The van der Waals surface area contributed by atoms with Crippen LogP contribution in [0.4, 0.5) is 0 Å². The number of carboxylic acid groups (broad SMARTS) is 1. The zero-order chi connectivity index (χ0) is 18.5. The number of aliphatic carboxylic acids is 1. The van der Waals surface area contributed by atoms with Crippen LogP contribution in [0.25, 0.3) is 6.08 Å². The number of hydrogen-bond donors (Lipinski definition) is 1. The van der Waals surface area contributed by atoms with Crippen molar-refractivity contribution in [3.8, 4) is 11.5 Å². The molecule has 1 fully saturated rings.